The smallest absolute Gasteiger partial charge is 0.141 e. The number of benzene rings is 4. The van der Waals surface area contributed by atoms with Gasteiger partial charge in [0.15, 0.2) is 0 Å². The molecular formula is C33H32ClN. The van der Waals surface area contributed by atoms with E-state index in [1.54, 1.807) is 0 Å². The largest absolute Gasteiger partial charge is 1.00 e. The summed E-state index contributed by atoms with van der Waals surface area (Å²) in [5.74, 6) is 6.98. The Hall–Kier alpha value is -3.31. The maximum atomic E-state index is 3.56. The molecule has 1 heterocycles. The summed E-state index contributed by atoms with van der Waals surface area (Å²) in [7, 11) is 0. The lowest BCUT2D eigenvalue weighted by molar-refractivity contribution is -0.940. The van der Waals surface area contributed by atoms with Crippen molar-refractivity contribution < 1.29 is 16.9 Å². The Morgan fingerprint density at radius 2 is 1.06 bits per heavy atom. The van der Waals surface area contributed by atoms with Crippen LogP contribution in [0.15, 0.2) is 121 Å². The first kappa shape index (κ1) is 24.8. The van der Waals surface area contributed by atoms with Gasteiger partial charge in [-0.25, -0.2) is 0 Å². The van der Waals surface area contributed by atoms with Crippen LogP contribution in [0.5, 0.6) is 0 Å². The van der Waals surface area contributed by atoms with Crippen LogP contribution in [0.3, 0.4) is 0 Å². The minimum atomic E-state index is 0. The minimum absolute atomic E-state index is 0. The van der Waals surface area contributed by atoms with E-state index < -0.39 is 0 Å². The summed E-state index contributed by atoms with van der Waals surface area (Å²) in [6.45, 7) is 4.14. The zero-order valence-corrected chi connectivity index (χ0v) is 20.9. The van der Waals surface area contributed by atoms with E-state index in [-0.39, 0.29) is 17.8 Å². The Morgan fingerprint density at radius 3 is 1.57 bits per heavy atom. The first-order valence-corrected chi connectivity index (χ1v) is 12.3. The van der Waals surface area contributed by atoms with Gasteiger partial charge in [-0.2, -0.15) is 0 Å². The monoisotopic (exact) mass is 477 g/mol. The number of hydrogen-bond donors (Lipinski definition) is 0. The zero-order chi connectivity index (χ0) is 23.1. The third kappa shape index (κ3) is 5.68. The number of quaternary nitrogens is 1. The van der Waals surface area contributed by atoms with E-state index in [0.717, 1.165) is 49.1 Å². The lowest BCUT2D eigenvalue weighted by Gasteiger charge is -2.48. The Labute approximate surface area is 216 Å². The molecule has 0 N–H and O–H groups in total. The number of rotatable bonds is 5. The first-order valence-electron chi connectivity index (χ1n) is 12.3. The Bertz CT molecular complexity index is 1190. The maximum absolute atomic E-state index is 3.56. The van der Waals surface area contributed by atoms with Crippen molar-refractivity contribution in [3.8, 4) is 11.8 Å². The number of nitrogens with zero attached hydrogens (tertiary/aromatic N) is 1. The molecule has 0 saturated carbocycles. The molecule has 0 radical (unpaired) electrons. The molecular weight excluding hydrogens is 446 g/mol. The van der Waals surface area contributed by atoms with Crippen LogP contribution in [-0.4, -0.2) is 24.1 Å². The molecule has 1 aliphatic heterocycles. The van der Waals surface area contributed by atoms with E-state index in [0.29, 0.717) is 0 Å². The molecule has 5 rings (SSSR count). The number of halogens is 1. The highest BCUT2D eigenvalue weighted by Crippen LogP contribution is 2.43. The Morgan fingerprint density at radius 1 is 0.600 bits per heavy atom. The minimum Gasteiger partial charge on any atom is -1.00 e. The van der Waals surface area contributed by atoms with Gasteiger partial charge in [-0.1, -0.05) is 115 Å². The summed E-state index contributed by atoms with van der Waals surface area (Å²) in [5, 5.41) is 0. The van der Waals surface area contributed by atoms with E-state index in [2.05, 4.69) is 127 Å². The van der Waals surface area contributed by atoms with Crippen molar-refractivity contribution in [1.82, 2.24) is 0 Å². The van der Waals surface area contributed by atoms with Gasteiger partial charge in [0.1, 0.15) is 13.1 Å². The van der Waals surface area contributed by atoms with Gasteiger partial charge < -0.3 is 16.9 Å². The second kappa shape index (κ2) is 11.4. The third-order valence-electron chi connectivity index (χ3n) is 7.46. The topological polar surface area (TPSA) is 0 Å². The van der Waals surface area contributed by atoms with E-state index >= 15 is 0 Å². The Kier molecular flexibility index (Phi) is 8.09. The van der Waals surface area contributed by atoms with Gasteiger partial charge in [0.2, 0.25) is 0 Å². The third-order valence-corrected chi connectivity index (χ3v) is 7.46. The summed E-state index contributed by atoms with van der Waals surface area (Å²) in [6.07, 6.45) is 2.25. The van der Waals surface area contributed by atoms with Gasteiger partial charge in [-0.05, 0) is 29.2 Å². The number of piperidine rings is 1. The Balaban J connectivity index is 0.00000289. The summed E-state index contributed by atoms with van der Waals surface area (Å²) >= 11 is 0. The van der Waals surface area contributed by atoms with Crippen LogP contribution in [0.25, 0.3) is 0 Å². The van der Waals surface area contributed by atoms with Crippen molar-refractivity contribution in [2.75, 3.05) is 19.6 Å². The summed E-state index contributed by atoms with van der Waals surface area (Å²) in [6, 6.07) is 43.6. The molecule has 1 nitrogen and oxygen atoms in total. The lowest BCUT2D eigenvalue weighted by Crippen LogP contribution is -3.00. The van der Waals surface area contributed by atoms with E-state index in [4.69, 9.17) is 0 Å². The average Bonchev–Trinajstić information content (AvgIpc) is 2.92. The fourth-order valence-electron chi connectivity index (χ4n) is 5.52. The highest BCUT2D eigenvalue weighted by Gasteiger charge is 2.44. The van der Waals surface area contributed by atoms with Gasteiger partial charge in [0.05, 0.1) is 13.1 Å². The average molecular weight is 478 g/mol. The molecule has 0 bridgehead atoms. The maximum Gasteiger partial charge on any atom is 0.141 e. The quantitative estimate of drug-likeness (QED) is 0.302. The second-order valence-corrected chi connectivity index (χ2v) is 9.57. The molecule has 1 saturated heterocycles. The molecule has 1 fully saturated rings. The molecule has 0 aliphatic carbocycles. The molecule has 1 aliphatic rings. The lowest BCUT2D eigenvalue weighted by atomic mass is 9.67. The van der Waals surface area contributed by atoms with Crippen LogP contribution in [0.2, 0.25) is 0 Å². The molecule has 176 valence electrons. The van der Waals surface area contributed by atoms with Crippen LogP contribution in [0, 0.1) is 11.8 Å². The van der Waals surface area contributed by atoms with Gasteiger partial charge in [0, 0.05) is 29.4 Å². The number of likely N-dealkylation sites (tertiary alicyclic amines) is 1. The van der Waals surface area contributed by atoms with Crippen molar-refractivity contribution in [2.45, 2.75) is 24.8 Å². The van der Waals surface area contributed by atoms with E-state index in [1.807, 2.05) is 6.07 Å². The van der Waals surface area contributed by atoms with Crippen LogP contribution >= 0.6 is 0 Å². The van der Waals surface area contributed by atoms with E-state index in [9.17, 15) is 0 Å². The van der Waals surface area contributed by atoms with Crippen LogP contribution in [0.4, 0.5) is 0 Å². The fourth-order valence-corrected chi connectivity index (χ4v) is 5.52. The van der Waals surface area contributed by atoms with E-state index in [1.165, 1.54) is 16.7 Å². The van der Waals surface area contributed by atoms with Crippen molar-refractivity contribution >= 4 is 0 Å². The molecule has 4 aromatic rings. The standard InChI is InChI=1S/C33H32N.ClH/c1-5-14-29(15-6-1)18-13-25-34(28-30-16-7-2-8-17-30)26-23-33(24-27-34,31-19-9-3-10-20-31)32-21-11-4-12-22-32;/h1-12,14-17,19-22H,23-28H2;1H/q+1;/p-1. The predicted molar refractivity (Wildman–Crippen MR) is 141 cm³/mol. The molecule has 35 heavy (non-hydrogen) atoms. The fraction of sp³-hybridized carbons (Fsp3) is 0.212. The second-order valence-electron chi connectivity index (χ2n) is 9.57. The van der Waals surface area contributed by atoms with Gasteiger partial charge >= 0.3 is 0 Å². The predicted octanol–water partition coefficient (Wildman–Crippen LogP) is 3.84. The van der Waals surface area contributed by atoms with Gasteiger partial charge in [-0.3, -0.25) is 0 Å². The highest BCUT2D eigenvalue weighted by atomic mass is 35.5. The number of hydrogen-bond acceptors (Lipinski definition) is 0. The summed E-state index contributed by atoms with van der Waals surface area (Å²) in [4.78, 5) is 0. The van der Waals surface area contributed by atoms with Crippen molar-refractivity contribution in [3.05, 3.63) is 144 Å². The van der Waals surface area contributed by atoms with Crippen LogP contribution in [0.1, 0.15) is 35.1 Å². The van der Waals surface area contributed by atoms with Crippen molar-refractivity contribution in [3.63, 3.8) is 0 Å². The molecule has 0 amide bonds. The first-order chi connectivity index (χ1) is 16.8. The molecule has 2 heteroatoms. The normalized spacial score (nSPS) is 15.8. The molecule has 0 unspecified atom stereocenters. The summed E-state index contributed by atoms with van der Waals surface area (Å²) < 4.78 is 1.02. The van der Waals surface area contributed by atoms with Crippen molar-refractivity contribution in [1.29, 1.82) is 0 Å². The zero-order valence-electron chi connectivity index (χ0n) is 20.1. The SMILES string of the molecule is C(#Cc1ccccc1)C[N+]1(Cc2ccccc2)CCC(c2ccccc2)(c2ccccc2)CC1.[Cl-]. The molecule has 4 aromatic carbocycles. The van der Waals surface area contributed by atoms with Crippen LogP contribution in [-0.2, 0) is 12.0 Å². The van der Waals surface area contributed by atoms with Crippen molar-refractivity contribution in [2.24, 2.45) is 0 Å². The molecule has 0 atom stereocenters. The van der Waals surface area contributed by atoms with Gasteiger partial charge in [0.25, 0.3) is 0 Å². The summed E-state index contributed by atoms with van der Waals surface area (Å²) in [5.41, 5.74) is 5.44. The van der Waals surface area contributed by atoms with Gasteiger partial charge in [-0.15, -0.1) is 0 Å². The van der Waals surface area contributed by atoms with Crippen LogP contribution < -0.4 is 12.4 Å². The highest BCUT2D eigenvalue weighted by molar-refractivity contribution is 5.40. The molecule has 0 aromatic heterocycles. The molecule has 0 spiro atoms.